The van der Waals surface area contributed by atoms with Crippen LogP contribution in [0.1, 0.15) is 40.2 Å². The third-order valence-corrected chi connectivity index (χ3v) is 3.99. The molecule has 7 nitrogen and oxygen atoms in total. The van der Waals surface area contributed by atoms with Crippen molar-refractivity contribution in [3.05, 3.63) is 52.6 Å². The number of nitriles is 1. The summed E-state index contributed by atoms with van der Waals surface area (Å²) < 4.78 is 14.6. The van der Waals surface area contributed by atoms with Gasteiger partial charge in [0.1, 0.15) is 5.82 Å². The largest absolute Gasteiger partial charge is 0.273 e. The minimum atomic E-state index is -0.518. The summed E-state index contributed by atoms with van der Waals surface area (Å²) in [4.78, 5) is 23.8. The number of hydrogen-bond donors (Lipinski definition) is 2. The van der Waals surface area contributed by atoms with Crippen LogP contribution in [0.5, 0.6) is 0 Å². The highest BCUT2D eigenvalue weighted by molar-refractivity contribution is 5.95. The van der Waals surface area contributed by atoms with Crippen molar-refractivity contribution in [2.45, 2.75) is 39.7 Å². The summed E-state index contributed by atoms with van der Waals surface area (Å²) in [7, 11) is 0. The Morgan fingerprint density at radius 2 is 1.92 bits per heavy atom. The van der Waals surface area contributed by atoms with Gasteiger partial charge in [-0.3, -0.25) is 25.1 Å². The highest BCUT2D eigenvalue weighted by Crippen LogP contribution is 2.15. The number of nitrogens with zero attached hydrogens (tertiary/aromatic N) is 3. The van der Waals surface area contributed by atoms with E-state index in [9.17, 15) is 14.0 Å². The first-order chi connectivity index (χ1) is 12.4. The van der Waals surface area contributed by atoms with Crippen molar-refractivity contribution in [1.82, 2.24) is 20.6 Å². The Morgan fingerprint density at radius 1 is 1.23 bits per heavy atom. The van der Waals surface area contributed by atoms with E-state index < -0.39 is 11.7 Å². The zero-order chi connectivity index (χ0) is 19.1. The second-order valence-electron chi connectivity index (χ2n) is 5.79. The molecule has 2 aromatic rings. The Kier molecular flexibility index (Phi) is 6.44. The van der Waals surface area contributed by atoms with Crippen LogP contribution in [0.4, 0.5) is 4.39 Å². The molecule has 0 saturated heterocycles. The maximum absolute atomic E-state index is 12.8. The number of hydrogen-bond acceptors (Lipinski definition) is 4. The third-order valence-electron chi connectivity index (χ3n) is 3.99. The van der Waals surface area contributed by atoms with E-state index in [1.54, 1.807) is 4.68 Å². The van der Waals surface area contributed by atoms with Gasteiger partial charge in [-0.1, -0.05) is 0 Å². The molecule has 1 heterocycles. The van der Waals surface area contributed by atoms with E-state index >= 15 is 0 Å². The molecule has 0 aliphatic carbocycles. The van der Waals surface area contributed by atoms with Crippen LogP contribution >= 0.6 is 0 Å². The Morgan fingerprint density at radius 3 is 2.58 bits per heavy atom. The van der Waals surface area contributed by atoms with Crippen LogP contribution in [-0.4, -0.2) is 21.6 Å². The lowest BCUT2D eigenvalue weighted by Gasteiger charge is -2.08. The van der Waals surface area contributed by atoms with Crippen LogP contribution in [0.3, 0.4) is 0 Å². The fraction of sp³-hybridized carbons (Fsp3) is 0.333. The first-order valence-electron chi connectivity index (χ1n) is 8.17. The fourth-order valence-corrected chi connectivity index (χ4v) is 2.57. The summed E-state index contributed by atoms with van der Waals surface area (Å²) in [6, 6.07) is 7.09. The van der Waals surface area contributed by atoms with Gasteiger partial charge in [0.15, 0.2) is 0 Å². The van der Waals surface area contributed by atoms with E-state index in [0.717, 1.165) is 17.0 Å². The summed E-state index contributed by atoms with van der Waals surface area (Å²) in [5.74, 6) is -1.30. The Hall–Kier alpha value is -3.21. The molecule has 0 aliphatic rings. The first kappa shape index (κ1) is 19.1. The van der Waals surface area contributed by atoms with E-state index in [2.05, 4.69) is 22.0 Å². The van der Waals surface area contributed by atoms with E-state index in [4.69, 9.17) is 5.26 Å². The number of carbonyl (C=O) groups excluding carboxylic acids is 2. The van der Waals surface area contributed by atoms with Crippen LogP contribution in [0.2, 0.25) is 0 Å². The number of amides is 2. The standard InChI is InChI=1S/C18H20FN5O2/c1-12-16(13(2)24(23-12)11-3-10-20)8-9-17(25)21-22-18(26)14-4-6-15(19)7-5-14/h4-7H,3,8-9,11H2,1-2H3,(H,21,25)(H,22,26). The number of aromatic nitrogens is 2. The number of halogens is 1. The normalized spacial score (nSPS) is 10.2. The van der Waals surface area contributed by atoms with Crippen molar-refractivity contribution in [2.24, 2.45) is 0 Å². The minimum absolute atomic E-state index is 0.176. The van der Waals surface area contributed by atoms with Gasteiger partial charge >= 0.3 is 0 Å². The minimum Gasteiger partial charge on any atom is -0.273 e. The molecule has 2 amide bonds. The molecule has 136 valence electrons. The van der Waals surface area contributed by atoms with Crippen molar-refractivity contribution in [3.8, 4) is 6.07 Å². The maximum Gasteiger partial charge on any atom is 0.269 e. The smallest absolute Gasteiger partial charge is 0.269 e. The van der Waals surface area contributed by atoms with Crippen LogP contribution in [0.15, 0.2) is 24.3 Å². The van der Waals surface area contributed by atoms with Crippen LogP contribution in [-0.2, 0) is 17.8 Å². The molecule has 0 bridgehead atoms. The summed E-state index contributed by atoms with van der Waals surface area (Å²) in [6.07, 6.45) is 1.02. The summed E-state index contributed by atoms with van der Waals surface area (Å²) in [5, 5.41) is 13.1. The van der Waals surface area contributed by atoms with Crippen molar-refractivity contribution in [3.63, 3.8) is 0 Å². The second kappa shape index (κ2) is 8.76. The number of hydrazine groups is 1. The molecular formula is C18H20FN5O2. The van der Waals surface area contributed by atoms with Gasteiger partial charge in [-0.05, 0) is 50.1 Å². The Bertz CT molecular complexity index is 837. The summed E-state index contributed by atoms with van der Waals surface area (Å²) in [6.45, 7) is 4.28. The average molecular weight is 357 g/mol. The number of rotatable bonds is 6. The number of benzene rings is 1. The van der Waals surface area contributed by atoms with Gasteiger partial charge in [0.25, 0.3) is 5.91 Å². The van der Waals surface area contributed by atoms with Crippen molar-refractivity contribution >= 4 is 11.8 Å². The number of aryl methyl sites for hydroxylation is 2. The van der Waals surface area contributed by atoms with E-state index in [0.29, 0.717) is 19.4 Å². The number of carbonyl (C=O) groups is 2. The van der Waals surface area contributed by atoms with Gasteiger partial charge < -0.3 is 0 Å². The summed E-state index contributed by atoms with van der Waals surface area (Å²) in [5.41, 5.74) is 7.60. The molecule has 0 aliphatic heterocycles. The highest BCUT2D eigenvalue weighted by Gasteiger charge is 2.13. The monoisotopic (exact) mass is 357 g/mol. The van der Waals surface area contributed by atoms with Gasteiger partial charge in [-0.15, -0.1) is 0 Å². The van der Waals surface area contributed by atoms with Gasteiger partial charge in [-0.25, -0.2) is 4.39 Å². The zero-order valence-electron chi connectivity index (χ0n) is 14.7. The second-order valence-corrected chi connectivity index (χ2v) is 5.79. The lowest BCUT2D eigenvalue weighted by Crippen LogP contribution is -2.41. The van der Waals surface area contributed by atoms with Gasteiger partial charge in [-0.2, -0.15) is 10.4 Å². The van der Waals surface area contributed by atoms with Crippen LogP contribution in [0.25, 0.3) is 0 Å². The molecule has 0 radical (unpaired) electrons. The molecule has 2 rings (SSSR count). The lowest BCUT2D eigenvalue weighted by molar-refractivity contribution is -0.121. The predicted octanol–water partition coefficient (Wildman–Crippen LogP) is 1.95. The van der Waals surface area contributed by atoms with E-state index in [1.165, 1.54) is 24.3 Å². The maximum atomic E-state index is 12.8. The first-order valence-corrected chi connectivity index (χ1v) is 8.17. The SMILES string of the molecule is Cc1nn(CCC#N)c(C)c1CCC(=O)NNC(=O)c1ccc(F)cc1. The predicted molar refractivity (Wildman–Crippen MR) is 92.3 cm³/mol. The van der Waals surface area contributed by atoms with Crippen LogP contribution < -0.4 is 10.9 Å². The molecule has 1 aromatic carbocycles. The van der Waals surface area contributed by atoms with Crippen molar-refractivity contribution in [2.75, 3.05) is 0 Å². The topological polar surface area (TPSA) is 99.8 Å². The highest BCUT2D eigenvalue weighted by atomic mass is 19.1. The molecule has 0 saturated carbocycles. The van der Waals surface area contributed by atoms with Crippen molar-refractivity contribution in [1.29, 1.82) is 5.26 Å². The molecule has 0 spiro atoms. The molecule has 8 heteroatoms. The molecule has 1 aromatic heterocycles. The third kappa shape index (κ3) is 4.89. The molecule has 26 heavy (non-hydrogen) atoms. The lowest BCUT2D eigenvalue weighted by atomic mass is 10.1. The van der Waals surface area contributed by atoms with E-state index in [-0.39, 0.29) is 17.9 Å². The van der Waals surface area contributed by atoms with E-state index in [1.807, 2.05) is 13.8 Å². The average Bonchev–Trinajstić information content (AvgIpc) is 2.90. The Labute approximate surface area is 150 Å². The quantitative estimate of drug-likeness (QED) is 0.772. The molecule has 0 unspecified atom stereocenters. The molecule has 2 N–H and O–H groups in total. The van der Waals surface area contributed by atoms with Gasteiger partial charge in [0.2, 0.25) is 5.91 Å². The van der Waals surface area contributed by atoms with Gasteiger partial charge in [0, 0.05) is 17.7 Å². The molecular weight excluding hydrogens is 337 g/mol. The molecule has 0 fully saturated rings. The van der Waals surface area contributed by atoms with Crippen molar-refractivity contribution < 1.29 is 14.0 Å². The molecule has 0 atom stereocenters. The fourth-order valence-electron chi connectivity index (χ4n) is 2.57. The zero-order valence-corrected chi connectivity index (χ0v) is 14.7. The number of nitrogens with one attached hydrogen (secondary N) is 2. The van der Waals surface area contributed by atoms with Gasteiger partial charge in [0.05, 0.1) is 24.7 Å². The Balaban J connectivity index is 1.85. The summed E-state index contributed by atoms with van der Waals surface area (Å²) >= 11 is 0. The van der Waals surface area contributed by atoms with Crippen LogP contribution in [0, 0.1) is 31.0 Å².